The lowest BCUT2D eigenvalue weighted by Gasteiger charge is -2.15. The highest BCUT2D eigenvalue weighted by Crippen LogP contribution is 2.17. The van der Waals surface area contributed by atoms with Crippen molar-refractivity contribution in [1.29, 1.82) is 0 Å². The SMILES string of the molecule is CCn1nc(C)c(CN(C)C(=O)/C=C\c2ccc(OC(F)F)cc2)c1C. The number of likely N-dealkylation sites (N-methyl/N-ethyl adjacent to an activating group) is 1. The Morgan fingerprint density at radius 1 is 1.31 bits per heavy atom. The number of aryl methyl sites for hydroxylation is 2. The number of alkyl halides is 2. The summed E-state index contributed by atoms with van der Waals surface area (Å²) in [6.07, 6.45) is 3.10. The Hall–Kier alpha value is -2.70. The van der Waals surface area contributed by atoms with Crippen molar-refractivity contribution in [1.82, 2.24) is 14.7 Å². The van der Waals surface area contributed by atoms with Gasteiger partial charge in [-0.2, -0.15) is 13.9 Å². The lowest BCUT2D eigenvalue weighted by atomic mass is 10.1. The molecule has 0 spiro atoms. The quantitative estimate of drug-likeness (QED) is 0.703. The van der Waals surface area contributed by atoms with Gasteiger partial charge in [0.05, 0.1) is 5.69 Å². The molecule has 1 aromatic carbocycles. The van der Waals surface area contributed by atoms with Crippen molar-refractivity contribution < 1.29 is 18.3 Å². The van der Waals surface area contributed by atoms with Crippen LogP contribution in [0, 0.1) is 13.8 Å². The van der Waals surface area contributed by atoms with Crippen LogP contribution in [0.5, 0.6) is 5.75 Å². The molecule has 26 heavy (non-hydrogen) atoms. The number of rotatable bonds is 7. The maximum absolute atomic E-state index is 12.3. The molecule has 0 aliphatic rings. The average Bonchev–Trinajstić information content (AvgIpc) is 2.87. The molecule has 0 aliphatic carbocycles. The Bertz CT molecular complexity index is 783. The molecule has 0 saturated carbocycles. The first-order chi connectivity index (χ1) is 12.3. The van der Waals surface area contributed by atoms with Crippen LogP contribution in [0.15, 0.2) is 30.3 Å². The summed E-state index contributed by atoms with van der Waals surface area (Å²) in [5, 5.41) is 4.46. The van der Waals surface area contributed by atoms with Crippen LogP contribution >= 0.6 is 0 Å². The van der Waals surface area contributed by atoms with E-state index in [9.17, 15) is 13.6 Å². The van der Waals surface area contributed by atoms with E-state index in [-0.39, 0.29) is 11.7 Å². The van der Waals surface area contributed by atoms with Crippen molar-refractivity contribution in [3.8, 4) is 5.75 Å². The van der Waals surface area contributed by atoms with E-state index >= 15 is 0 Å². The van der Waals surface area contributed by atoms with E-state index in [4.69, 9.17) is 0 Å². The van der Waals surface area contributed by atoms with Gasteiger partial charge in [-0.05, 0) is 44.5 Å². The van der Waals surface area contributed by atoms with Gasteiger partial charge < -0.3 is 9.64 Å². The first-order valence-corrected chi connectivity index (χ1v) is 8.32. The third-order valence-electron chi connectivity index (χ3n) is 4.13. The van der Waals surface area contributed by atoms with Gasteiger partial charge in [0.25, 0.3) is 0 Å². The summed E-state index contributed by atoms with van der Waals surface area (Å²) in [5.41, 5.74) is 3.75. The predicted octanol–water partition coefficient (Wildman–Crippen LogP) is 3.79. The molecule has 140 valence electrons. The maximum atomic E-state index is 12.3. The Kier molecular flexibility index (Phi) is 6.49. The van der Waals surface area contributed by atoms with E-state index in [2.05, 4.69) is 9.84 Å². The van der Waals surface area contributed by atoms with Crippen molar-refractivity contribution in [3.05, 3.63) is 52.9 Å². The predicted molar refractivity (Wildman–Crippen MR) is 96.0 cm³/mol. The Balaban J connectivity index is 2.00. The molecule has 1 heterocycles. The number of carbonyl (C=O) groups excluding carboxylic acids is 1. The minimum Gasteiger partial charge on any atom is -0.435 e. The normalized spacial score (nSPS) is 11.3. The molecule has 2 rings (SSSR count). The second-order valence-electron chi connectivity index (χ2n) is 5.94. The highest BCUT2D eigenvalue weighted by molar-refractivity contribution is 5.91. The van der Waals surface area contributed by atoms with E-state index in [1.165, 1.54) is 18.2 Å². The summed E-state index contributed by atoms with van der Waals surface area (Å²) in [6.45, 7) is 4.37. The van der Waals surface area contributed by atoms with Crippen LogP contribution in [-0.2, 0) is 17.9 Å². The van der Waals surface area contributed by atoms with Gasteiger partial charge >= 0.3 is 6.61 Å². The van der Waals surface area contributed by atoms with Crippen LogP contribution in [0.25, 0.3) is 6.08 Å². The number of amides is 1. The zero-order chi connectivity index (χ0) is 19.3. The first kappa shape index (κ1) is 19.6. The van der Waals surface area contributed by atoms with Gasteiger partial charge in [0.1, 0.15) is 5.75 Å². The molecule has 0 saturated heterocycles. The van der Waals surface area contributed by atoms with Gasteiger partial charge in [0.15, 0.2) is 0 Å². The van der Waals surface area contributed by atoms with Crippen LogP contribution in [0.3, 0.4) is 0 Å². The van der Waals surface area contributed by atoms with Crippen molar-refractivity contribution in [2.24, 2.45) is 0 Å². The monoisotopic (exact) mass is 363 g/mol. The fraction of sp³-hybridized carbons (Fsp3) is 0.368. The molecule has 0 radical (unpaired) electrons. The number of hydrogen-bond donors (Lipinski definition) is 0. The Morgan fingerprint density at radius 2 is 1.96 bits per heavy atom. The molecule has 0 atom stereocenters. The zero-order valence-electron chi connectivity index (χ0n) is 15.4. The highest BCUT2D eigenvalue weighted by Gasteiger charge is 2.14. The van der Waals surface area contributed by atoms with Gasteiger partial charge in [-0.3, -0.25) is 9.48 Å². The van der Waals surface area contributed by atoms with Gasteiger partial charge in [0, 0.05) is 37.5 Å². The van der Waals surface area contributed by atoms with Crippen LogP contribution in [0.4, 0.5) is 8.78 Å². The van der Waals surface area contributed by atoms with Crippen LogP contribution in [-0.4, -0.2) is 34.2 Å². The molecule has 1 aromatic heterocycles. The number of halogens is 2. The second kappa shape index (κ2) is 8.60. The van der Waals surface area contributed by atoms with Crippen LogP contribution < -0.4 is 4.74 Å². The molecule has 2 aromatic rings. The molecule has 0 fully saturated rings. The second-order valence-corrected chi connectivity index (χ2v) is 5.94. The number of hydrogen-bond acceptors (Lipinski definition) is 3. The summed E-state index contributed by atoms with van der Waals surface area (Å²) >= 11 is 0. The molecule has 1 amide bonds. The topological polar surface area (TPSA) is 47.4 Å². The molecule has 5 nitrogen and oxygen atoms in total. The first-order valence-electron chi connectivity index (χ1n) is 8.32. The van der Waals surface area contributed by atoms with Gasteiger partial charge in [-0.25, -0.2) is 0 Å². The molecule has 7 heteroatoms. The third kappa shape index (κ3) is 4.91. The highest BCUT2D eigenvalue weighted by atomic mass is 19.3. The molecule has 0 N–H and O–H groups in total. The molecule has 0 unspecified atom stereocenters. The summed E-state index contributed by atoms with van der Waals surface area (Å²) in [7, 11) is 1.73. The third-order valence-corrected chi connectivity index (χ3v) is 4.13. The summed E-state index contributed by atoms with van der Waals surface area (Å²) in [5.74, 6) is -0.0690. The van der Waals surface area contributed by atoms with Crippen molar-refractivity contribution in [3.63, 3.8) is 0 Å². The molecular formula is C19H23F2N3O2. The van der Waals surface area contributed by atoms with Gasteiger partial charge in [0.2, 0.25) is 5.91 Å². The van der Waals surface area contributed by atoms with Gasteiger partial charge in [-0.15, -0.1) is 0 Å². The standard InChI is InChI=1S/C19H23F2N3O2/c1-5-24-14(3)17(13(2)22-24)12-23(4)18(25)11-8-15-6-9-16(10-7-15)26-19(20)21/h6-11,19H,5,12H2,1-4H3/b11-8-. The lowest BCUT2D eigenvalue weighted by Crippen LogP contribution is -2.24. The molecule has 0 aliphatic heterocycles. The number of carbonyl (C=O) groups is 1. The number of aromatic nitrogens is 2. The van der Waals surface area contributed by atoms with E-state index in [1.54, 1.807) is 30.2 Å². The van der Waals surface area contributed by atoms with Crippen molar-refractivity contribution in [2.75, 3.05) is 7.05 Å². The van der Waals surface area contributed by atoms with Crippen molar-refractivity contribution in [2.45, 2.75) is 40.5 Å². The van der Waals surface area contributed by atoms with Crippen molar-refractivity contribution >= 4 is 12.0 Å². The van der Waals surface area contributed by atoms with E-state index < -0.39 is 6.61 Å². The number of benzene rings is 1. The fourth-order valence-corrected chi connectivity index (χ4v) is 2.64. The number of nitrogens with zero attached hydrogens (tertiary/aromatic N) is 3. The average molecular weight is 363 g/mol. The summed E-state index contributed by atoms with van der Waals surface area (Å²) < 4.78 is 30.5. The van der Waals surface area contributed by atoms with E-state index in [1.807, 2.05) is 25.5 Å². The smallest absolute Gasteiger partial charge is 0.387 e. The fourth-order valence-electron chi connectivity index (χ4n) is 2.64. The summed E-state index contributed by atoms with van der Waals surface area (Å²) in [4.78, 5) is 13.9. The zero-order valence-corrected chi connectivity index (χ0v) is 15.4. The van der Waals surface area contributed by atoms with Crippen LogP contribution in [0.1, 0.15) is 29.4 Å². The lowest BCUT2D eigenvalue weighted by molar-refractivity contribution is -0.125. The number of ether oxygens (including phenoxy) is 1. The van der Waals surface area contributed by atoms with E-state index in [0.29, 0.717) is 6.54 Å². The van der Waals surface area contributed by atoms with Gasteiger partial charge in [-0.1, -0.05) is 12.1 Å². The largest absolute Gasteiger partial charge is 0.435 e. The Labute approximate surface area is 151 Å². The summed E-state index contributed by atoms with van der Waals surface area (Å²) in [6, 6.07) is 6.10. The minimum absolute atomic E-state index is 0.0829. The minimum atomic E-state index is -2.85. The Morgan fingerprint density at radius 3 is 2.50 bits per heavy atom. The van der Waals surface area contributed by atoms with Crippen LogP contribution in [0.2, 0.25) is 0 Å². The molecular weight excluding hydrogens is 340 g/mol. The van der Waals surface area contributed by atoms with E-state index in [0.717, 1.165) is 29.1 Å². The molecule has 0 bridgehead atoms. The maximum Gasteiger partial charge on any atom is 0.387 e.